The van der Waals surface area contributed by atoms with Crippen LogP contribution in [-0.4, -0.2) is 205 Å². The number of nitrogens with one attached hydrogen (secondary N) is 14. The second-order valence-corrected chi connectivity index (χ2v) is 29.7. The second-order valence-electron chi connectivity index (χ2n) is 29.7. The number of carbonyl (C=O) groups excluding carboxylic acids is 16. The van der Waals surface area contributed by atoms with Gasteiger partial charge in [0.25, 0.3) is 0 Å². The first kappa shape index (κ1) is 87.0. The highest BCUT2D eigenvalue weighted by atomic mass is 16.4. The maximum absolute atomic E-state index is 14.0. The SMILES string of the molecule is CC(=O)NC(C)(C)C(=O)NC(C)C(=O)NC(C)(C)C(=O)NC(C)C(=O)NC(C)(C)C(=O)NC(C)(C)C(=O)NC(CCC(N)=O)C(=O)NC(C)(C)C(=O)NC(C(=O)NC(C)(C)C(=O)NCC(=O)NC(CC(C)C)C(=O)NC(C)(C)C(=O)N1CCCC1C(=O)NC(C(=O)O)C(C)C)C(C)C. The molecule has 0 aliphatic carbocycles. The Morgan fingerprint density at radius 2 is 0.847 bits per heavy atom. The van der Waals surface area contributed by atoms with Gasteiger partial charge in [-0.25, -0.2) is 4.79 Å². The third kappa shape index (κ3) is 26.4. The van der Waals surface area contributed by atoms with E-state index in [0.717, 1.165) is 0 Å². The summed E-state index contributed by atoms with van der Waals surface area (Å²) in [5, 5.41) is 44.8. The molecule has 0 aromatic carbocycles. The van der Waals surface area contributed by atoms with Gasteiger partial charge < -0.3 is 90.2 Å². The van der Waals surface area contributed by atoms with Crippen molar-refractivity contribution in [2.24, 2.45) is 23.5 Å². The molecule has 554 valence electrons. The number of hydrogen-bond donors (Lipinski definition) is 16. The van der Waals surface area contributed by atoms with Crippen LogP contribution in [0.5, 0.6) is 0 Å². The van der Waals surface area contributed by atoms with Crippen LogP contribution in [0.3, 0.4) is 0 Å². The molecule has 0 radical (unpaired) electrons. The van der Waals surface area contributed by atoms with Crippen molar-refractivity contribution in [3.8, 4) is 0 Å². The lowest BCUT2D eigenvalue weighted by Gasteiger charge is -2.35. The summed E-state index contributed by atoms with van der Waals surface area (Å²) in [5.74, 6) is -15.4. The predicted molar refractivity (Wildman–Crippen MR) is 357 cm³/mol. The van der Waals surface area contributed by atoms with E-state index in [1.165, 1.54) is 123 Å². The quantitative estimate of drug-likeness (QED) is 0.0298. The molecule has 1 saturated heterocycles. The lowest BCUT2D eigenvalue weighted by atomic mass is 9.96. The van der Waals surface area contributed by atoms with Crippen molar-refractivity contribution in [2.45, 2.75) is 272 Å². The molecule has 17 N–H and O–H groups in total. The zero-order chi connectivity index (χ0) is 76.5. The monoisotopic (exact) mass is 1390 g/mol. The number of hydrogen-bond acceptors (Lipinski definition) is 17. The zero-order valence-corrected chi connectivity index (χ0v) is 61.1. The molecule has 7 unspecified atom stereocenters. The van der Waals surface area contributed by atoms with Crippen LogP contribution in [0.4, 0.5) is 0 Å². The number of nitrogens with two attached hydrogens (primary N) is 1. The number of nitrogens with zero attached hydrogens (tertiary/aromatic N) is 1. The number of amides is 16. The first-order valence-corrected chi connectivity index (χ1v) is 32.5. The molecule has 1 aliphatic rings. The minimum Gasteiger partial charge on any atom is -0.480 e. The molecule has 7 atom stereocenters. The fourth-order valence-electron chi connectivity index (χ4n) is 9.65. The number of carbonyl (C=O) groups is 17. The molecular weight excluding hydrogens is 1280 g/mol. The van der Waals surface area contributed by atoms with Crippen LogP contribution >= 0.6 is 0 Å². The highest BCUT2D eigenvalue weighted by molar-refractivity contribution is 6.03. The zero-order valence-electron chi connectivity index (χ0n) is 61.1. The largest absolute Gasteiger partial charge is 0.480 e. The van der Waals surface area contributed by atoms with Gasteiger partial charge in [-0.15, -0.1) is 0 Å². The summed E-state index contributed by atoms with van der Waals surface area (Å²) in [6.45, 7) is 32.0. The Hall–Kier alpha value is -9.01. The second kappa shape index (κ2) is 35.0. The summed E-state index contributed by atoms with van der Waals surface area (Å²) >= 11 is 0. The predicted octanol–water partition coefficient (Wildman–Crippen LogP) is -2.97. The summed E-state index contributed by atoms with van der Waals surface area (Å²) in [7, 11) is 0. The van der Waals surface area contributed by atoms with Crippen LogP contribution < -0.4 is 80.2 Å². The summed E-state index contributed by atoms with van der Waals surface area (Å²) in [6, 6.07) is -8.84. The van der Waals surface area contributed by atoms with Crippen molar-refractivity contribution in [1.29, 1.82) is 0 Å². The summed E-state index contributed by atoms with van der Waals surface area (Å²) in [6.07, 6.45) is -0.0532. The van der Waals surface area contributed by atoms with Crippen LogP contribution in [0.1, 0.15) is 191 Å². The fraction of sp³-hybridized carbons (Fsp3) is 0.734. The molecule has 98 heavy (non-hydrogen) atoms. The Morgan fingerprint density at radius 3 is 1.30 bits per heavy atom. The van der Waals surface area contributed by atoms with E-state index in [2.05, 4.69) is 74.4 Å². The van der Waals surface area contributed by atoms with Crippen molar-refractivity contribution in [3.05, 3.63) is 0 Å². The molecule has 1 aliphatic heterocycles. The molecule has 0 spiro atoms. The van der Waals surface area contributed by atoms with Gasteiger partial charge in [0.15, 0.2) is 0 Å². The molecule has 0 saturated carbocycles. The van der Waals surface area contributed by atoms with Crippen molar-refractivity contribution in [1.82, 2.24) is 79.3 Å². The summed E-state index contributed by atoms with van der Waals surface area (Å²) in [5.41, 5.74) is -6.50. The highest BCUT2D eigenvalue weighted by Gasteiger charge is 2.46. The Morgan fingerprint density at radius 1 is 0.449 bits per heavy atom. The maximum Gasteiger partial charge on any atom is 0.326 e. The number of rotatable bonds is 36. The summed E-state index contributed by atoms with van der Waals surface area (Å²) < 4.78 is 0. The molecule has 34 nitrogen and oxygen atoms in total. The van der Waals surface area contributed by atoms with E-state index < -0.39 is 213 Å². The van der Waals surface area contributed by atoms with Gasteiger partial charge in [-0.05, 0) is 154 Å². The average Bonchev–Trinajstić information content (AvgIpc) is 1.80. The summed E-state index contributed by atoms with van der Waals surface area (Å²) in [4.78, 5) is 227. The van der Waals surface area contributed by atoms with E-state index in [-0.39, 0.29) is 25.3 Å². The number of carboxylic acids is 1. The average molecular weight is 1390 g/mol. The maximum atomic E-state index is 14.0. The molecular formula is C64H110N16O18. The Balaban J connectivity index is 3.11. The van der Waals surface area contributed by atoms with E-state index in [1.807, 2.05) is 0 Å². The van der Waals surface area contributed by atoms with Crippen LogP contribution in [0.15, 0.2) is 0 Å². The molecule has 0 bridgehead atoms. The third-order valence-corrected chi connectivity index (χ3v) is 15.9. The van der Waals surface area contributed by atoms with Gasteiger partial charge >= 0.3 is 5.97 Å². The Kier molecular flexibility index (Phi) is 31.0. The molecule has 0 aromatic rings. The van der Waals surface area contributed by atoms with E-state index in [4.69, 9.17) is 5.73 Å². The Bertz CT molecular complexity index is 3040. The topological polar surface area (TPSA) is 508 Å². The van der Waals surface area contributed by atoms with E-state index in [0.29, 0.717) is 6.42 Å². The van der Waals surface area contributed by atoms with E-state index in [9.17, 15) is 86.6 Å². The van der Waals surface area contributed by atoms with Crippen LogP contribution in [-0.2, 0) is 81.5 Å². The molecule has 1 rings (SSSR count). The number of aliphatic carboxylic acids is 1. The van der Waals surface area contributed by atoms with Gasteiger partial charge in [-0.2, -0.15) is 0 Å². The van der Waals surface area contributed by atoms with Crippen molar-refractivity contribution in [2.75, 3.05) is 13.1 Å². The number of primary amides is 1. The third-order valence-electron chi connectivity index (χ3n) is 15.9. The van der Waals surface area contributed by atoms with Gasteiger partial charge in [0, 0.05) is 19.9 Å². The van der Waals surface area contributed by atoms with Crippen LogP contribution in [0.25, 0.3) is 0 Å². The fourth-order valence-corrected chi connectivity index (χ4v) is 9.65. The lowest BCUT2D eigenvalue weighted by Crippen LogP contribution is -2.67. The van der Waals surface area contributed by atoms with Crippen molar-refractivity contribution in [3.63, 3.8) is 0 Å². The molecule has 1 heterocycles. The van der Waals surface area contributed by atoms with Gasteiger partial charge in [0.2, 0.25) is 94.5 Å². The number of carboxylic acid groups (broad SMARTS) is 1. The lowest BCUT2D eigenvalue weighted by molar-refractivity contribution is -0.147. The highest BCUT2D eigenvalue weighted by Crippen LogP contribution is 2.23. The van der Waals surface area contributed by atoms with Gasteiger partial charge in [0.1, 0.15) is 81.1 Å². The minimum atomic E-state index is -1.87. The molecule has 34 heteroatoms. The van der Waals surface area contributed by atoms with Crippen molar-refractivity contribution < 1.29 is 86.6 Å². The number of likely N-dealkylation sites (tertiary alicyclic amines) is 1. The van der Waals surface area contributed by atoms with Gasteiger partial charge in [0.05, 0.1) is 6.54 Å². The van der Waals surface area contributed by atoms with E-state index in [1.54, 1.807) is 41.5 Å². The minimum absolute atomic E-state index is 0.0924. The van der Waals surface area contributed by atoms with Crippen molar-refractivity contribution >= 4 is 100 Å². The first-order chi connectivity index (χ1) is 44.4. The normalized spacial score (nSPS) is 15.6. The molecule has 16 amide bonds. The molecule has 1 fully saturated rings. The first-order valence-electron chi connectivity index (χ1n) is 32.5. The smallest absolute Gasteiger partial charge is 0.326 e. The Labute approximate surface area is 573 Å². The van der Waals surface area contributed by atoms with Gasteiger partial charge in [-0.3, -0.25) is 76.7 Å². The van der Waals surface area contributed by atoms with Gasteiger partial charge in [-0.1, -0.05) is 41.5 Å². The van der Waals surface area contributed by atoms with E-state index >= 15 is 0 Å². The molecule has 0 aromatic heterocycles. The van der Waals surface area contributed by atoms with Crippen LogP contribution in [0.2, 0.25) is 0 Å². The van der Waals surface area contributed by atoms with Crippen LogP contribution in [0, 0.1) is 17.8 Å². The standard InChI is InChI=1S/C64H110N16O18/c1-31(2)29-38(47(87)77-64(22,23)57(98)80-28-24-25-39(80)48(88)71-43(33(5)6)50(90)91)69-41(83)30-66-51(92)58(10,11)78-49(89)42(32(3)4)72-55(96)61(16,17)76-46(86)37(26-27-40(65)82)70-54(95)62(18,19)79-56(97)63(20,21)75-45(85)35(8)68-53(94)60(14,15)74-44(84)34(7)67-52(93)59(12,13)73-36(9)81/h31-35,37-39,42-43H,24-30H2,1-23H3,(H2,65,82)(H,66,92)(H,67,93)(H,68,94)(H,69,83)(H,70,95)(H,71,88)(H,72,96)(H,73,81)(H,74,84)(H,75,85)(H,76,86)(H,77,87)(H,78,89)(H,79,97)(H,90,91).